The summed E-state index contributed by atoms with van der Waals surface area (Å²) in [6.07, 6.45) is 2.70. The van der Waals surface area contributed by atoms with Gasteiger partial charge in [0.25, 0.3) is 0 Å². The predicted octanol–water partition coefficient (Wildman–Crippen LogP) is 3.47. The first kappa shape index (κ1) is 13.9. The van der Waals surface area contributed by atoms with E-state index < -0.39 is 0 Å². The van der Waals surface area contributed by atoms with E-state index in [0.717, 1.165) is 29.3 Å². The normalized spacial score (nSPS) is 10.9. The number of nitrogens with zero attached hydrogens (tertiary/aromatic N) is 3. The predicted molar refractivity (Wildman–Crippen MR) is 86.5 cm³/mol. The van der Waals surface area contributed by atoms with Gasteiger partial charge in [-0.15, -0.1) is 0 Å². The van der Waals surface area contributed by atoms with Crippen molar-refractivity contribution < 1.29 is 0 Å². The fourth-order valence-electron chi connectivity index (χ4n) is 1.95. The maximum atomic E-state index is 4.60. The molecule has 0 unspecified atom stereocenters. The largest absolute Gasteiger partial charge is 0.354 e. The Labute approximate surface area is 127 Å². The minimum Gasteiger partial charge on any atom is -0.354 e. The van der Waals surface area contributed by atoms with Gasteiger partial charge in [-0.2, -0.15) is 4.98 Å². The van der Waals surface area contributed by atoms with E-state index in [-0.39, 0.29) is 0 Å². The molecule has 0 aliphatic heterocycles. The first-order valence-electron chi connectivity index (χ1n) is 6.98. The second kappa shape index (κ2) is 6.58. The van der Waals surface area contributed by atoms with Crippen molar-refractivity contribution in [2.24, 2.45) is 0 Å². The van der Waals surface area contributed by atoms with E-state index in [0.29, 0.717) is 11.6 Å². The van der Waals surface area contributed by atoms with Gasteiger partial charge >= 0.3 is 0 Å². The molecule has 108 valence electrons. The quantitative estimate of drug-likeness (QED) is 0.539. The van der Waals surface area contributed by atoms with Gasteiger partial charge in [0.1, 0.15) is 10.5 Å². The summed E-state index contributed by atoms with van der Waals surface area (Å²) in [4.78, 5) is 16.4. The molecule has 3 rings (SSSR count). The van der Waals surface area contributed by atoms with Crippen molar-refractivity contribution in [1.82, 2.24) is 19.9 Å². The maximum Gasteiger partial charge on any atom is 0.225 e. The standard InChI is InChI=1S/C15H17N5S/c1-2-8-16-15-19-13-12(17-10-18-13)14(20-15)21-9-11-6-4-3-5-7-11/h3-7,10H,2,8-9H2,1H3,(H2,16,17,18,19,20). The first-order chi connectivity index (χ1) is 10.4. The van der Waals surface area contributed by atoms with Gasteiger partial charge in [0.05, 0.1) is 6.33 Å². The number of aromatic nitrogens is 4. The molecule has 6 heteroatoms. The van der Waals surface area contributed by atoms with Gasteiger partial charge in [-0.3, -0.25) is 0 Å². The fraction of sp³-hybridized carbons (Fsp3) is 0.267. The number of rotatable bonds is 6. The molecular formula is C15H17N5S. The molecule has 5 nitrogen and oxygen atoms in total. The molecule has 0 atom stereocenters. The van der Waals surface area contributed by atoms with E-state index in [2.05, 4.69) is 56.4 Å². The lowest BCUT2D eigenvalue weighted by Gasteiger charge is -2.06. The molecule has 0 saturated carbocycles. The summed E-state index contributed by atoms with van der Waals surface area (Å²) in [5.41, 5.74) is 2.88. The molecule has 0 amide bonds. The Balaban J connectivity index is 1.83. The number of anilines is 1. The van der Waals surface area contributed by atoms with Crippen LogP contribution in [-0.4, -0.2) is 26.5 Å². The molecule has 1 aromatic carbocycles. The summed E-state index contributed by atoms with van der Waals surface area (Å²) < 4.78 is 0. The molecule has 0 bridgehead atoms. The number of benzene rings is 1. The van der Waals surface area contributed by atoms with Crippen LogP contribution in [0.5, 0.6) is 0 Å². The Morgan fingerprint density at radius 1 is 1.19 bits per heavy atom. The van der Waals surface area contributed by atoms with E-state index in [9.17, 15) is 0 Å². The van der Waals surface area contributed by atoms with Gasteiger partial charge in [0, 0.05) is 12.3 Å². The van der Waals surface area contributed by atoms with Gasteiger partial charge in [-0.25, -0.2) is 9.97 Å². The van der Waals surface area contributed by atoms with Crippen molar-refractivity contribution in [3.05, 3.63) is 42.2 Å². The molecule has 2 heterocycles. The molecule has 21 heavy (non-hydrogen) atoms. The number of H-pyrrole nitrogens is 1. The lowest BCUT2D eigenvalue weighted by Crippen LogP contribution is -2.05. The Kier molecular flexibility index (Phi) is 4.35. The van der Waals surface area contributed by atoms with Crippen molar-refractivity contribution in [3.8, 4) is 0 Å². The third-order valence-corrected chi connectivity index (χ3v) is 4.05. The topological polar surface area (TPSA) is 66.5 Å². The van der Waals surface area contributed by atoms with Crippen molar-refractivity contribution in [2.45, 2.75) is 24.1 Å². The third kappa shape index (κ3) is 3.33. The zero-order valence-electron chi connectivity index (χ0n) is 11.8. The maximum absolute atomic E-state index is 4.60. The fourth-order valence-corrected chi connectivity index (χ4v) is 2.89. The molecule has 0 saturated heterocycles. The summed E-state index contributed by atoms with van der Waals surface area (Å²) in [5, 5.41) is 4.16. The molecule has 2 aromatic heterocycles. The highest BCUT2D eigenvalue weighted by molar-refractivity contribution is 7.98. The Hall–Kier alpha value is -2.08. The first-order valence-corrected chi connectivity index (χ1v) is 7.97. The highest BCUT2D eigenvalue weighted by Gasteiger charge is 2.10. The lowest BCUT2D eigenvalue weighted by molar-refractivity contribution is 0.943. The van der Waals surface area contributed by atoms with Gasteiger partial charge in [0.15, 0.2) is 5.65 Å². The van der Waals surface area contributed by atoms with Crippen molar-refractivity contribution in [2.75, 3.05) is 11.9 Å². The number of thioether (sulfide) groups is 1. The Bertz CT molecular complexity index is 710. The zero-order chi connectivity index (χ0) is 14.5. The minimum absolute atomic E-state index is 0.645. The number of fused-ring (bicyclic) bond motifs is 1. The molecule has 0 aliphatic carbocycles. The summed E-state index contributed by atoms with van der Waals surface area (Å²) in [5.74, 6) is 1.52. The summed E-state index contributed by atoms with van der Waals surface area (Å²) in [6.45, 7) is 2.98. The number of aromatic amines is 1. The van der Waals surface area contributed by atoms with Crippen molar-refractivity contribution >= 4 is 28.9 Å². The van der Waals surface area contributed by atoms with E-state index in [1.165, 1.54) is 5.56 Å². The van der Waals surface area contributed by atoms with Crippen molar-refractivity contribution in [1.29, 1.82) is 0 Å². The van der Waals surface area contributed by atoms with Gasteiger partial charge in [-0.05, 0) is 12.0 Å². The van der Waals surface area contributed by atoms with Gasteiger partial charge < -0.3 is 10.3 Å². The molecule has 0 spiro atoms. The highest BCUT2D eigenvalue weighted by Crippen LogP contribution is 2.27. The van der Waals surface area contributed by atoms with Crippen LogP contribution in [0.15, 0.2) is 41.7 Å². The van der Waals surface area contributed by atoms with Crippen LogP contribution in [0, 0.1) is 0 Å². The second-order valence-corrected chi connectivity index (χ2v) is 5.62. The van der Waals surface area contributed by atoms with Crippen molar-refractivity contribution in [3.63, 3.8) is 0 Å². The molecular weight excluding hydrogens is 282 g/mol. The average Bonchev–Trinajstić information content (AvgIpc) is 3.00. The third-order valence-electron chi connectivity index (χ3n) is 3.00. The second-order valence-electron chi connectivity index (χ2n) is 4.65. The molecule has 2 N–H and O–H groups in total. The minimum atomic E-state index is 0.645. The summed E-state index contributed by atoms with van der Waals surface area (Å²) in [6, 6.07) is 10.4. The van der Waals surface area contributed by atoms with Crippen LogP contribution in [0.4, 0.5) is 5.95 Å². The van der Waals surface area contributed by atoms with E-state index in [1.54, 1.807) is 18.1 Å². The lowest BCUT2D eigenvalue weighted by atomic mass is 10.2. The monoisotopic (exact) mass is 299 g/mol. The zero-order valence-corrected chi connectivity index (χ0v) is 12.7. The molecule has 0 fully saturated rings. The summed E-state index contributed by atoms with van der Waals surface area (Å²) in [7, 11) is 0. The van der Waals surface area contributed by atoms with E-state index in [4.69, 9.17) is 0 Å². The molecule has 0 aliphatic rings. The van der Waals surface area contributed by atoms with Crippen LogP contribution < -0.4 is 5.32 Å². The van der Waals surface area contributed by atoms with E-state index >= 15 is 0 Å². The average molecular weight is 299 g/mol. The molecule has 3 aromatic rings. The van der Waals surface area contributed by atoms with Gasteiger partial charge in [-0.1, -0.05) is 49.0 Å². The Morgan fingerprint density at radius 2 is 2.05 bits per heavy atom. The number of hydrogen-bond donors (Lipinski definition) is 2. The SMILES string of the molecule is CCCNc1nc(SCc2ccccc2)c2[nH]cnc2n1. The van der Waals surface area contributed by atoms with Crippen LogP contribution in [0.3, 0.4) is 0 Å². The number of nitrogens with one attached hydrogen (secondary N) is 2. The van der Waals surface area contributed by atoms with Crippen LogP contribution >= 0.6 is 11.8 Å². The number of imidazole rings is 1. The van der Waals surface area contributed by atoms with Crippen LogP contribution in [0.25, 0.3) is 11.2 Å². The molecule has 0 radical (unpaired) electrons. The van der Waals surface area contributed by atoms with Crippen LogP contribution in [0.2, 0.25) is 0 Å². The number of hydrogen-bond acceptors (Lipinski definition) is 5. The smallest absolute Gasteiger partial charge is 0.225 e. The van der Waals surface area contributed by atoms with Crippen LogP contribution in [0.1, 0.15) is 18.9 Å². The van der Waals surface area contributed by atoms with E-state index in [1.807, 2.05) is 6.07 Å². The highest BCUT2D eigenvalue weighted by atomic mass is 32.2. The van der Waals surface area contributed by atoms with Gasteiger partial charge in [0.2, 0.25) is 5.95 Å². The summed E-state index contributed by atoms with van der Waals surface area (Å²) >= 11 is 1.69. The Morgan fingerprint density at radius 3 is 2.86 bits per heavy atom. The van der Waals surface area contributed by atoms with Crippen LogP contribution in [-0.2, 0) is 5.75 Å².